The van der Waals surface area contributed by atoms with Crippen LogP contribution in [0.1, 0.15) is 24.4 Å². The molecule has 94 valence electrons. The van der Waals surface area contributed by atoms with Crippen LogP contribution >= 0.6 is 0 Å². The molecule has 0 amide bonds. The summed E-state index contributed by atoms with van der Waals surface area (Å²) in [5.74, 6) is 1.61. The highest BCUT2D eigenvalue weighted by molar-refractivity contribution is 5.44. The van der Waals surface area contributed by atoms with Crippen LogP contribution < -0.4 is 15.2 Å². The second kappa shape index (κ2) is 5.89. The highest BCUT2D eigenvalue weighted by Gasteiger charge is 2.14. The van der Waals surface area contributed by atoms with Crippen molar-refractivity contribution in [2.45, 2.75) is 18.9 Å². The van der Waals surface area contributed by atoms with Gasteiger partial charge in [-0.15, -0.1) is 0 Å². The van der Waals surface area contributed by atoms with Gasteiger partial charge in [-0.05, 0) is 30.5 Å². The summed E-state index contributed by atoms with van der Waals surface area (Å²) >= 11 is 0. The second-order valence-electron chi connectivity index (χ2n) is 4.14. The lowest BCUT2D eigenvalue weighted by Gasteiger charge is -2.20. The zero-order valence-corrected chi connectivity index (χ0v) is 10.1. The van der Waals surface area contributed by atoms with Gasteiger partial charge in [-0.3, -0.25) is 0 Å². The van der Waals surface area contributed by atoms with E-state index in [1.54, 1.807) is 7.11 Å². The Morgan fingerprint density at radius 3 is 2.82 bits per heavy atom. The largest absolute Gasteiger partial charge is 0.486 e. The van der Waals surface area contributed by atoms with Crippen molar-refractivity contribution in [1.29, 1.82) is 0 Å². The predicted octanol–water partition coefficient (Wildman–Crippen LogP) is 1.88. The molecule has 1 heterocycles. The summed E-state index contributed by atoms with van der Waals surface area (Å²) in [6.07, 6.45) is 1.87. The van der Waals surface area contributed by atoms with E-state index >= 15 is 0 Å². The van der Waals surface area contributed by atoms with E-state index < -0.39 is 0 Å². The fourth-order valence-corrected chi connectivity index (χ4v) is 1.90. The average Bonchev–Trinajstić information content (AvgIpc) is 2.38. The van der Waals surface area contributed by atoms with Gasteiger partial charge >= 0.3 is 0 Å². The Hall–Kier alpha value is -1.26. The maximum atomic E-state index is 6.12. The SMILES string of the molecule is COCCCC(N)c1ccc2c(c1)OCCO2. The molecule has 0 aliphatic carbocycles. The first kappa shape index (κ1) is 12.2. The molecule has 0 saturated heterocycles. The molecule has 0 aromatic heterocycles. The van der Waals surface area contributed by atoms with Crippen molar-refractivity contribution in [1.82, 2.24) is 0 Å². The van der Waals surface area contributed by atoms with Crippen molar-refractivity contribution >= 4 is 0 Å². The van der Waals surface area contributed by atoms with Gasteiger partial charge < -0.3 is 19.9 Å². The Morgan fingerprint density at radius 1 is 1.29 bits per heavy atom. The fourth-order valence-electron chi connectivity index (χ4n) is 1.90. The lowest BCUT2D eigenvalue weighted by atomic mass is 10.0. The second-order valence-corrected chi connectivity index (χ2v) is 4.14. The van der Waals surface area contributed by atoms with E-state index in [-0.39, 0.29) is 6.04 Å². The van der Waals surface area contributed by atoms with E-state index in [9.17, 15) is 0 Å². The first-order valence-corrected chi connectivity index (χ1v) is 5.95. The third-order valence-electron chi connectivity index (χ3n) is 2.86. The van der Waals surface area contributed by atoms with Gasteiger partial charge in [0.15, 0.2) is 11.5 Å². The molecular weight excluding hydrogens is 218 g/mol. The van der Waals surface area contributed by atoms with E-state index in [2.05, 4.69) is 0 Å². The fraction of sp³-hybridized carbons (Fsp3) is 0.538. The standard InChI is InChI=1S/C13H19NO3/c1-15-6-2-3-11(14)10-4-5-12-13(9-10)17-8-7-16-12/h4-5,9,11H,2-3,6-8,14H2,1H3. The number of rotatable bonds is 5. The third-order valence-corrected chi connectivity index (χ3v) is 2.86. The van der Waals surface area contributed by atoms with Crippen LogP contribution in [0.5, 0.6) is 11.5 Å². The molecule has 4 nitrogen and oxygen atoms in total. The number of methoxy groups -OCH3 is 1. The minimum absolute atomic E-state index is 0.0287. The first-order chi connectivity index (χ1) is 8.31. The number of hydrogen-bond acceptors (Lipinski definition) is 4. The van der Waals surface area contributed by atoms with E-state index in [4.69, 9.17) is 19.9 Å². The van der Waals surface area contributed by atoms with Gasteiger partial charge in [0.25, 0.3) is 0 Å². The van der Waals surface area contributed by atoms with Crippen LogP contribution in [-0.2, 0) is 4.74 Å². The normalized spacial score (nSPS) is 15.6. The lowest BCUT2D eigenvalue weighted by molar-refractivity contribution is 0.171. The topological polar surface area (TPSA) is 53.7 Å². The van der Waals surface area contributed by atoms with E-state index in [0.717, 1.165) is 36.5 Å². The molecule has 2 rings (SSSR count). The summed E-state index contributed by atoms with van der Waals surface area (Å²) in [6, 6.07) is 5.94. The van der Waals surface area contributed by atoms with Gasteiger partial charge in [0.1, 0.15) is 13.2 Å². The molecule has 1 unspecified atom stereocenters. The Balaban J connectivity index is 2.00. The zero-order valence-electron chi connectivity index (χ0n) is 10.1. The van der Waals surface area contributed by atoms with Gasteiger partial charge in [-0.2, -0.15) is 0 Å². The van der Waals surface area contributed by atoms with Gasteiger partial charge in [-0.25, -0.2) is 0 Å². The molecule has 1 aliphatic heterocycles. The molecule has 1 atom stereocenters. The Bertz CT molecular complexity index is 368. The monoisotopic (exact) mass is 237 g/mol. The molecule has 0 bridgehead atoms. The van der Waals surface area contributed by atoms with Gasteiger partial charge in [0.05, 0.1) is 0 Å². The summed E-state index contributed by atoms with van der Waals surface area (Å²) < 4.78 is 16.0. The maximum Gasteiger partial charge on any atom is 0.161 e. The highest BCUT2D eigenvalue weighted by Crippen LogP contribution is 2.32. The van der Waals surface area contributed by atoms with E-state index in [0.29, 0.717) is 13.2 Å². The number of ether oxygens (including phenoxy) is 3. The number of fused-ring (bicyclic) bond motifs is 1. The predicted molar refractivity (Wildman–Crippen MR) is 65.5 cm³/mol. The molecule has 1 aliphatic rings. The van der Waals surface area contributed by atoms with Crippen LogP contribution in [0.15, 0.2) is 18.2 Å². The Morgan fingerprint density at radius 2 is 2.06 bits per heavy atom. The number of benzene rings is 1. The van der Waals surface area contributed by atoms with Gasteiger partial charge in [-0.1, -0.05) is 6.07 Å². The van der Waals surface area contributed by atoms with Crippen LogP contribution in [0.3, 0.4) is 0 Å². The third kappa shape index (κ3) is 3.11. The summed E-state index contributed by atoms with van der Waals surface area (Å²) in [4.78, 5) is 0. The maximum absolute atomic E-state index is 6.12. The summed E-state index contributed by atoms with van der Waals surface area (Å²) in [5.41, 5.74) is 7.21. The summed E-state index contributed by atoms with van der Waals surface area (Å²) in [5, 5.41) is 0. The van der Waals surface area contributed by atoms with Crippen LogP contribution in [0.2, 0.25) is 0 Å². The Labute approximate surface area is 102 Å². The molecule has 17 heavy (non-hydrogen) atoms. The molecule has 0 saturated carbocycles. The molecule has 1 aromatic carbocycles. The van der Waals surface area contributed by atoms with Crippen LogP contribution in [0.4, 0.5) is 0 Å². The minimum Gasteiger partial charge on any atom is -0.486 e. The van der Waals surface area contributed by atoms with Crippen molar-refractivity contribution in [2.24, 2.45) is 5.73 Å². The molecular formula is C13H19NO3. The molecule has 0 spiro atoms. The van der Waals surface area contributed by atoms with Crippen molar-refractivity contribution in [3.63, 3.8) is 0 Å². The summed E-state index contributed by atoms with van der Waals surface area (Å²) in [6.45, 7) is 1.97. The number of nitrogens with two attached hydrogens (primary N) is 1. The first-order valence-electron chi connectivity index (χ1n) is 5.95. The van der Waals surface area contributed by atoms with Gasteiger partial charge in [0.2, 0.25) is 0 Å². The highest BCUT2D eigenvalue weighted by atomic mass is 16.6. The quantitative estimate of drug-likeness (QED) is 0.794. The van der Waals surface area contributed by atoms with Crippen molar-refractivity contribution in [3.8, 4) is 11.5 Å². The summed E-state index contributed by atoms with van der Waals surface area (Å²) in [7, 11) is 1.70. The smallest absolute Gasteiger partial charge is 0.161 e. The van der Waals surface area contributed by atoms with Crippen molar-refractivity contribution in [3.05, 3.63) is 23.8 Å². The minimum atomic E-state index is 0.0287. The molecule has 4 heteroatoms. The van der Waals surface area contributed by atoms with Crippen LogP contribution in [0.25, 0.3) is 0 Å². The van der Waals surface area contributed by atoms with Crippen LogP contribution in [0, 0.1) is 0 Å². The Kier molecular flexibility index (Phi) is 4.23. The van der Waals surface area contributed by atoms with E-state index in [1.165, 1.54) is 0 Å². The average molecular weight is 237 g/mol. The number of hydrogen-bond donors (Lipinski definition) is 1. The van der Waals surface area contributed by atoms with E-state index in [1.807, 2.05) is 18.2 Å². The molecule has 1 aromatic rings. The molecule has 0 fully saturated rings. The van der Waals surface area contributed by atoms with Crippen LogP contribution in [-0.4, -0.2) is 26.9 Å². The lowest BCUT2D eigenvalue weighted by Crippen LogP contribution is -2.17. The van der Waals surface area contributed by atoms with Gasteiger partial charge in [0, 0.05) is 19.8 Å². The van der Waals surface area contributed by atoms with Crippen molar-refractivity contribution in [2.75, 3.05) is 26.9 Å². The molecule has 2 N–H and O–H groups in total. The molecule has 0 radical (unpaired) electrons. The van der Waals surface area contributed by atoms with Crippen molar-refractivity contribution < 1.29 is 14.2 Å². The zero-order chi connectivity index (χ0) is 12.1.